The minimum absolute atomic E-state index is 0.0142. The second-order valence-corrected chi connectivity index (χ2v) is 9.30. The Morgan fingerprint density at radius 2 is 1.62 bits per heavy atom. The molecule has 172 valence electrons. The minimum atomic E-state index is -4.86. The van der Waals surface area contributed by atoms with E-state index in [0.29, 0.717) is 6.07 Å². The normalized spacial score (nSPS) is 15.1. The highest BCUT2D eigenvalue weighted by atomic mass is 32.2. The number of nitrogens with zero attached hydrogens (tertiary/aromatic N) is 1. The van der Waals surface area contributed by atoms with Gasteiger partial charge in [0.2, 0.25) is 0 Å². The molecule has 1 aliphatic rings. The van der Waals surface area contributed by atoms with Gasteiger partial charge in [-0.2, -0.15) is 16.8 Å². The monoisotopic (exact) mass is 487 g/mol. The summed E-state index contributed by atoms with van der Waals surface area (Å²) in [5.41, 5.74) is -0.130. The maximum absolute atomic E-state index is 12.4. The van der Waals surface area contributed by atoms with Crippen molar-refractivity contribution < 1.29 is 49.7 Å². The van der Waals surface area contributed by atoms with Crippen molar-refractivity contribution in [3.05, 3.63) is 41.6 Å². The third-order valence-corrected chi connectivity index (χ3v) is 6.32. The Kier molecular flexibility index (Phi) is 6.26. The second-order valence-electron chi connectivity index (χ2n) is 6.49. The molecule has 0 radical (unpaired) electrons. The smallest absolute Gasteiger partial charge is 0.355 e. The van der Waals surface area contributed by atoms with E-state index in [2.05, 4.69) is 4.74 Å². The van der Waals surface area contributed by atoms with Gasteiger partial charge in [-0.05, 0) is 29.7 Å². The first-order chi connectivity index (χ1) is 14.9. The van der Waals surface area contributed by atoms with Gasteiger partial charge in [-0.1, -0.05) is 6.07 Å². The van der Waals surface area contributed by atoms with E-state index in [1.165, 1.54) is 23.1 Å². The summed E-state index contributed by atoms with van der Waals surface area (Å²) in [6.45, 7) is -0.444. The predicted molar refractivity (Wildman–Crippen MR) is 108 cm³/mol. The lowest BCUT2D eigenvalue weighted by Gasteiger charge is -2.31. The first-order valence-electron chi connectivity index (χ1n) is 8.66. The summed E-state index contributed by atoms with van der Waals surface area (Å²) >= 11 is 0. The Morgan fingerprint density at radius 1 is 0.969 bits per heavy atom. The predicted octanol–water partition coefficient (Wildman–Crippen LogP) is 0.727. The molecule has 1 aliphatic heterocycles. The van der Waals surface area contributed by atoms with Gasteiger partial charge in [0.25, 0.3) is 20.2 Å². The summed E-state index contributed by atoms with van der Waals surface area (Å²) in [5.74, 6) is -1.71. The molecule has 0 bridgehead atoms. The molecule has 0 aliphatic carbocycles. The highest BCUT2D eigenvalue weighted by Gasteiger charge is 2.32. The van der Waals surface area contributed by atoms with Crippen molar-refractivity contribution in [2.45, 2.75) is 9.79 Å². The molecule has 0 unspecified atom stereocenters. The van der Waals surface area contributed by atoms with Crippen LogP contribution in [0.4, 0.5) is 5.69 Å². The average molecular weight is 487 g/mol. The highest BCUT2D eigenvalue weighted by molar-refractivity contribution is 7.86. The largest absolute Gasteiger partial charge is 0.466 e. The number of fused-ring (bicyclic) bond motifs is 1. The lowest BCUT2D eigenvalue weighted by atomic mass is 10.1. The Bertz CT molecular complexity index is 1360. The summed E-state index contributed by atoms with van der Waals surface area (Å²) in [5, 5.41) is -0.0713. The Morgan fingerprint density at radius 3 is 2.19 bits per heavy atom. The first-order valence-corrected chi connectivity index (χ1v) is 11.5. The fourth-order valence-corrected chi connectivity index (χ4v) is 4.53. The van der Waals surface area contributed by atoms with Gasteiger partial charge < -0.3 is 19.1 Å². The molecule has 12 nitrogen and oxygen atoms in total. The quantitative estimate of drug-likeness (QED) is 0.447. The lowest BCUT2D eigenvalue weighted by molar-refractivity contribution is -0.140. The van der Waals surface area contributed by atoms with Gasteiger partial charge >= 0.3 is 11.9 Å². The molecule has 0 saturated carbocycles. The minimum Gasteiger partial charge on any atom is -0.466 e. The van der Waals surface area contributed by atoms with Crippen LogP contribution in [0.1, 0.15) is 0 Å². The number of methoxy groups -OCH3 is 2. The second kappa shape index (κ2) is 8.48. The number of carbonyl (C=O) groups is 2. The third kappa shape index (κ3) is 4.44. The Balaban J connectivity index is 2.29. The molecule has 0 atom stereocenters. The zero-order valence-electron chi connectivity index (χ0n) is 16.6. The van der Waals surface area contributed by atoms with Crippen molar-refractivity contribution in [2.24, 2.45) is 0 Å². The van der Waals surface area contributed by atoms with Crippen LogP contribution < -0.4 is 4.90 Å². The van der Waals surface area contributed by atoms with Crippen LogP contribution in [0.25, 0.3) is 10.8 Å². The van der Waals surface area contributed by atoms with Crippen molar-refractivity contribution in [1.82, 2.24) is 0 Å². The standard InChI is InChI=1S/C18H17NO11S2/c1-28-17(20)14-8-30-9-19(16(14)18(21)29-2)11-3-4-13-10(5-11)6-12(31(22,23)24)7-15(13)32(25,26)27/h3-7H,8-9H2,1-2H3,(H,22,23,24)(H,25,26,27). The molecule has 2 N–H and O–H groups in total. The van der Waals surface area contributed by atoms with Crippen LogP contribution in [0.2, 0.25) is 0 Å². The number of esters is 2. The number of ether oxygens (including phenoxy) is 3. The lowest BCUT2D eigenvalue weighted by Crippen LogP contribution is -2.38. The summed E-state index contributed by atoms with van der Waals surface area (Å²) in [7, 11) is -7.46. The Labute approximate surface area is 182 Å². The zero-order valence-corrected chi connectivity index (χ0v) is 18.3. The van der Waals surface area contributed by atoms with Crippen LogP contribution in [0.15, 0.2) is 51.4 Å². The van der Waals surface area contributed by atoms with Crippen LogP contribution in [0.5, 0.6) is 0 Å². The van der Waals surface area contributed by atoms with Crippen molar-refractivity contribution in [1.29, 1.82) is 0 Å². The molecule has 0 aromatic heterocycles. The third-order valence-electron chi connectivity index (χ3n) is 4.59. The maximum Gasteiger partial charge on any atom is 0.355 e. The van der Waals surface area contributed by atoms with Gasteiger partial charge in [0.15, 0.2) is 0 Å². The fourth-order valence-electron chi connectivity index (χ4n) is 3.17. The van der Waals surface area contributed by atoms with E-state index in [9.17, 15) is 35.5 Å². The molecule has 3 rings (SSSR count). The molecule has 2 aromatic rings. The molecule has 2 aromatic carbocycles. The van der Waals surface area contributed by atoms with Crippen LogP contribution in [-0.2, 0) is 44.0 Å². The maximum atomic E-state index is 12.4. The number of benzene rings is 2. The van der Waals surface area contributed by atoms with Gasteiger partial charge in [0.05, 0.1) is 31.3 Å². The van der Waals surface area contributed by atoms with Gasteiger partial charge in [-0.15, -0.1) is 0 Å². The summed E-state index contributed by atoms with van der Waals surface area (Å²) < 4.78 is 80.4. The molecule has 14 heteroatoms. The highest BCUT2D eigenvalue weighted by Crippen LogP contribution is 2.33. The van der Waals surface area contributed by atoms with Crippen molar-refractivity contribution >= 4 is 48.6 Å². The van der Waals surface area contributed by atoms with Crippen molar-refractivity contribution in [2.75, 3.05) is 32.5 Å². The fraction of sp³-hybridized carbons (Fsp3) is 0.222. The van der Waals surface area contributed by atoms with E-state index in [1.54, 1.807) is 0 Å². The van der Waals surface area contributed by atoms with Gasteiger partial charge in [0, 0.05) is 11.1 Å². The van der Waals surface area contributed by atoms with E-state index in [1.807, 2.05) is 0 Å². The topological polar surface area (TPSA) is 174 Å². The Hall–Kier alpha value is -3.04. The number of rotatable bonds is 5. The van der Waals surface area contributed by atoms with Crippen molar-refractivity contribution in [3.63, 3.8) is 0 Å². The van der Waals surface area contributed by atoms with Crippen LogP contribution in [0, 0.1) is 0 Å². The van der Waals surface area contributed by atoms with E-state index in [0.717, 1.165) is 20.3 Å². The summed E-state index contributed by atoms with van der Waals surface area (Å²) in [6.07, 6.45) is 0. The summed E-state index contributed by atoms with van der Waals surface area (Å²) in [4.78, 5) is 24.2. The van der Waals surface area contributed by atoms with Crippen LogP contribution >= 0.6 is 0 Å². The van der Waals surface area contributed by atoms with Gasteiger partial charge in [-0.3, -0.25) is 9.11 Å². The van der Waals surface area contributed by atoms with Crippen molar-refractivity contribution in [3.8, 4) is 0 Å². The number of hydrogen-bond acceptors (Lipinski definition) is 10. The van der Waals surface area contributed by atoms with E-state index >= 15 is 0 Å². The van der Waals surface area contributed by atoms with E-state index in [-0.39, 0.29) is 41.1 Å². The molecule has 32 heavy (non-hydrogen) atoms. The molecule has 0 saturated heterocycles. The molecule has 0 amide bonds. The number of carbonyl (C=O) groups excluding carboxylic acids is 2. The molecule has 0 spiro atoms. The van der Waals surface area contributed by atoms with Crippen LogP contribution in [-0.4, -0.2) is 65.4 Å². The van der Waals surface area contributed by atoms with Crippen LogP contribution in [0.3, 0.4) is 0 Å². The number of anilines is 1. The first kappa shape index (κ1) is 23.6. The SMILES string of the molecule is COC(=O)C1=C(C(=O)OC)N(c2ccc3c(S(=O)(=O)O)cc(S(=O)(=O)O)cc3c2)COC1. The number of hydrogen-bond donors (Lipinski definition) is 2. The average Bonchev–Trinajstić information content (AvgIpc) is 2.74. The van der Waals surface area contributed by atoms with Gasteiger partial charge in [-0.25, -0.2) is 9.59 Å². The van der Waals surface area contributed by atoms with E-state index < -0.39 is 42.0 Å². The van der Waals surface area contributed by atoms with E-state index in [4.69, 9.17) is 9.47 Å². The molecule has 0 fully saturated rings. The molecular weight excluding hydrogens is 470 g/mol. The zero-order chi connectivity index (χ0) is 23.8. The molecule has 1 heterocycles. The van der Waals surface area contributed by atoms with Gasteiger partial charge in [0.1, 0.15) is 17.3 Å². The summed E-state index contributed by atoms with van der Waals surface area (Å²) in [6, 6.07) is 5.49. The molecular formula is C18H17NO11S2.